The highest BCUT2D eigenvalue weighted by Gasteiger charge is 2.24. The lowest BCUT2D eigenvalue weighted by molar-refractivity contribution is 0.193. The second-order valence-corrected chi connectivity index (χ2v) is 3.90. The van der Waals surface area contributed by atoms with E-state index >= 15 is 0 Å². The van der Waals surface area contributed by atoms with Gasteiger partial charge in [0.15, 0.2) is 23.3 Å². The quantitative estimate of drug-likeness (QED) is 0.610. The summed E-state index contributed by atoms with van der Waals surface area (Å²) in [5, 5.41) is 0. The zero-order valence-electron chi connectivity index (χ0n) is 9.41. The van der Waals surface area contributed by atoms with Gasteiger partial charge in [-0.3, -0.25) is 0 Å². The number of aromatic nitrogens is 1. The first-order valence-corrected chi connectivity index (χ1v) is 5.26. The monoisotopic (exact) mass is 244 g/mol. The number of hydrogen-bond donors (Lipinski definition) is 2. The van der Waals surface area contributed by atoms with E-state index in [4.69, 9.17) is 10.6 Å². The van der Waals surface area contributed by atoms with Crippen LogP contribution >= 0.6 is 0 Å². The molecule has 0 spiro atoms. The highest BCUT2D eigenvalue weighted by molar-refractivity contribution is 5.49. The van der Waals surface area contributed by atoms with Crippen LogP contribution in [0.5, 0.6) is 0 Å². The predicted molar refractivity (Wildman–Crippen MR) is 59.6 cm³/mol. The van der Waals surface area contributed by atoms with Crippen molar-refractivity contribution >= 4 is 11.6 Å². The van der Waals surface area contributed by atoms with Gasteiger partial charge < -0.3 is 15.1 Å². The molecule has 0 amide bonds. The third-order valence-electron chi connectivity index (χ3n) is 2.84. The van der Waals surface area contributed by atoms with Crippen molar-refractivity contribution in [3.05, 3.63) is 17.7 Å². The van der Waals surface area contributed by atoms with E-state index in [1.807, 2.05) is 0 Å². The maximum Gasteiger partial charge on any atom is 0.178 e. The first kappa shape index (κ1) is 12.0. The molecule has 1 aliphatic rings. The number of anilines is 2. The minimum absolute atomic E-state index is 0.0492. The number of halogens is 2. The number of likely N-dealkylation sites (N-methyl/N-ethyl adjacent to an activating group) is 1. The van der Waals surface area contributed by atoms with Crippen molar-refractivity contribution in [3.63, 3.8) is 0 Å². The molecule has 3 N–H and O–H groups in total. The van der Waals surface area contributed by atoms with Crippen molar-refractivity contribution in [1.82, 2.24) is 4.98 Å². The molecule has 0 bridgehead atoms. The minimum atomic E-state index is -0.815. The second-order valence-electron chi connectivity index (χ2n) is 3.90. The van der Waals surface area contributed by atoms with Crippen LogP contribution in [0.1, 0.15) is 6.42 Å². The Labute approximate surface area is 97.5 Å². The largest absolute Gasteiger partial charge is 0.379 e. The Bertz CT molecular complexity index is 410. The molecule has 0 aliphatic carbocycles. The Kier molecular flexibility index (Phi) is 3.39. The highest BCUT2D eigenvalue weighted by Crippen LogP contribution is 2.24. The lowest BCUT2D eigenvalue weighted by Gasteiger charge is -2.25. The van der Waals surface area contributed by atoms with Crippen LogP contribution in [-0.4, -0.2) is 31.3 Å². The van der Waals surface area contributed by atoms with Crippen molar-refractivity contribution in [3.8, 4) is 0 Å². The number of ether oxygens (including phenoxy) is 1. The van der Waals surface area contributed by atoms with Crippen LogP contribution in [0.4, 0.5) is 20.4 Å². The molecule has 0 radical (unpaired) electrons. The van der Waals surface area contributed by atoms with E-state index in [2.05, 4.69) is 10.4 Å². The maximum atomic E-state index is 13.6. The van der Waals surface area contributed by atoms with Gasteiger partial charge in [-0.25, -0.2) is 19.6 Å². The summed E-state index contributed by atoms with van der Waals surface area (Å²) in [5.74, 6) is 3.47. The van der Waals surface area contributed by atoms with Crippen molar-refractivity contribution in [1.29, 1.82) is 0 Å². The molecule has 1 aromatic heterocycles. The first-order chi connectivity index (χ1) is 8.13. The maximum absolute atomic E-state index is 13.6. The van der Waals surface area contributed by atoms with Crippen LogP contribution in [-0.2, 0) is 4.74 Å². The van der Waals surface area contributed by atoms with Gasteiger partial charge in [-0.1, -0.05) is 0 Å². The Balaban J connectivity index is 2.30. The van der Waals surface area contributed by atoms with E-state index in [0.29, 0.717) is 13.2 Å². The molecular weight excluding hydrogens is 230 g/mol. The van der Waals surface area contributed by atoms with E-state index in [0.717, 1.165) is 12.5 Å². The van der Waals surface area contributed by atoms with Crippen molar-refractivity contribution < 1.29 is 13.5 Å². The smallest absolute Gasteiger partial charge is 0.178 e. The average Bonchev–Trinajstić information content (AvgIpc) is 2.82. The zero-order chi connectivity index (χ0) is 12.4. The van der Waals surface area contributed by atoms with Gasteiger partial charge >= 0.3 is 0 Å². The molecule has 2 rings (SSSR count). The van der Waals surface area contributed by atoms with Crippen LogP contribution in [0.15, 0.2) is 6.07 Å². The summed E-state index contributed by atoms with van der Waals surface area (Å²) in [6.45, 7) is 1.15. The van der Waals surface area contributed by atoms with Gasteiger partial charge in [0.05, 0.1) is 12.6 Å². The standard InChI is InChI=1S/C10H14F2N4O/c1-16(6-2-3-17-5-6)10-8(12)4-7(11)9(14-10)15-13/h4,6H,2-3,5,13H2,1H3,(H,14,15). The summed E-state index contributed by atoms with van der Waals surface area (Å²) in [6, 6.07) is 0.817. The van der Waals surface area contributed by atoms with Gasteiger partial charge in [-0.05, 0) is 6.42 Å². The number of nitrogens with zero attached hydrogens (tertiary/aromatic N) is 2. The van der Waals surface area contributed by atoms with Crippen LogP contribution in [0.3, 0.4) is 0 Å². The topological polar surface area (TPSA) is 63.4 Å². The van der Waals surface area contributed by atoms with Gasteiger partial charge in [0.2, 0.25) is 0 Å². The van der Waals surface area contributed by atoms with Gasteiger partial charge in [-0.2, -0.15) is 0 Å². The number of hydrogen-bond acceptors (Lipinski definition) is 5. The molecule has 0 aromatic carbocycles. The molecule has 94 valence electrons. The van der Waals surface area contributed by atoms with Gasteiger partial charge in [-0.15, -0.1) is 0 Å². The summed E-state index contributed by atoms with van der Waals surface area (Å²) in [7, 11) is 1.70. The molecule has 17 heavy (non-hydrogen) atoms. The minimum Gasteiger partial charge on any atom is -0.379 e. The van der Waals surface area contributed by atoms with E-state index in [1.165, 1.54) is 0 Å². The summed E-state index contributed by atoms with van der Waals surface area (Å²) in [6.07, 6.45) is 0.792. The van der Waals surface area contributed by atoms with E-state index in [1.54, 1.807) is 11.9 Å². The number of rotatable bonds is 3. The van der Waals surface area contributed by atoms with Crippen LogP contribution in [0.2, 0.25) is 0 Å². The number of pyridine rings is 1. The summed E-state index contributed by atoms with van der Waals surface area (Å²) >= 11 is 0. The van der Waals surface area contributed by atoms with Gasteiger partial charge in [0.25, 0.3) is 0 Å². The highest BCUT2D eigenvalue weighted by atomic mass is 19.1. The first-order valence-electron chi connectivity index (χ1n) is 5.26. The van der Waals surface area contributed by atoms with E-state index < -0.39 is 11.6 Å². The van der Waals surface area contributed by atoms with Crippen molar-refractivity contribution in [2.75, 3.05) is 30.6 Å². The average molecular weight is 244 g/mol. The molecule has 1 aliphatic heterocycles. The summed E-state index contributed by atoms with van der Waals surface area (Å²) in [5.41, 5.74) is 2.10. The Hall–Kier alpha value is -1.47. The number of nitrogens with two attached hydrogens (primary N) is 1. The molecule has 1 fully saturated rings. The molecule has 1 aromatic rings. The third kappa shape index (κ3) is 2.29. The SMILES string of the molecule is CN(c1nc(NN)c(F)cc1F)C1CCOC1. The molecule has 5 nitrogen and oxygen atoms in total. The van der Waals surface area contributed by atoms with E-state index in [9.17, 15) is 8.78 Å². The lowest BCUT2D eigenvalue weighted by atomic mass is 10.2. The molecular formula is C10H14F2N4O. The zero-order valence-corrected chi connectivity index (χ0v) is 9.41. The van der Waals surface area contributed by atoms with Gasteiger partial charge in [0.1, 0.15) is 0 Å². The van der Waals surface area contributed by atoms with Crippen LogP contribution in [0, 0.1) is 11.6 Å². The Morgan fingerprint density at radius 3 is 2.88 bits per heavy atom. The lowest BCUT2D eigenvalue weighted by Crippen LogP contribution is -2.33. The van der Waals surface area contributed by atoms with Crippen molar-refractivity contribution in [2.45, 2.75) is 12.5 Å². The fourth-order valence-electron chi connectivity index (χ4n) is 1.81. The molecule has 0 saturated carbocycles. The molecule has 1 atom stereocenters. The molecule has 2 heterocycles. The fourth-order valence-corrected chi connectivity index (χ4v) is 1.81. The normalized spacial score (nSPS) is 19.4. The summed E-state index contributed by atoms with van der Waals surface area (Å²) in [4.78, 5) is 5.46. The second kappa shape index (κ2) is 4.80. The number of nitrogens with one attached hydrogen (secondary N) is 1. The van der Waals surface area contributed by atoms with Crippen LogP contribution < -0.4 is 16.2 Å². The van der Waals surface area contributed by atoms with Crippen molar-refractivity contribution in [2.24, 2.45) is 5.84 Å². The molecule has 1 unspecified atom stereocenters. The number of hydrazine groups is 1. The Morgan fingerprint density at radius 2 is 2.29 bits per heavy atom. The Morgan fingerprint density at radius 1 is 1.53 bits per heavy atom. The summed E-state index contributed by atoms with van der Waals surface area (Å²) < 4.78 is 32.0. The van der Waals surface area contributed by atoms with Crippen LogP contribution in [0.25, 0.3) is 0 Å². The number of nitrogen functional groups attached to an aromatic ring is 1. The van der Waals surface area contributed by atoms with E-state index in [-0.39, 0.29) is 17.7 Å². The third-order valence-corrected chi connectivity index (χ3v) is 2.84. The molecule has 1 saturated heterocycles. The fraction of sp³-hybridized carbons (Fsp3) is 0.500. The van der Waals surface area contributed by atoms with Gasteiger partial charge in [0, 0.05) is 19.7 Å². The predicted octanol–water partition coefficient (Wildman–Crippen LogP) is 0.870. The molecule has 7 heteroatoms.